The molecule has 0 fully saturated rings. The Bertz CT molecular complexity index is 1560. The number of amides is 3. The highest BCUT2D eigenvalue weighted by molar-refractivity contribution is 6.25. The highest BCUT2D eigenvalue weighted by Crippen LogP contribution is 2.39. The van der Waals surface area contributed by atoms with E-state index in [1.54, 1.807) is 60.7 Å². The van der Waals surface area contributed by atoms with Gasteiger partial charge in [-0.25, -0.2) is 0 Å². The van der Waals surface area contributed by atoms with Gasteiger partial charge in [0.15, 0.2) is 11.5 Å². The molecule has 0 radical (unpaired) electrons. The molecule has 0 spiro atoms. The van der Waals surface area contributed by atoms with Crippen LogP contribution in [-0.2, 0) is 0 Å². The predicted octanol–water partition coefficient (Wildman–Crippen LogP) is 5.21. The summed E-state index contributed by atoms with van der Waals surface area (Å²) in [6.07, 6.45) is 0. The molecule has 4 aromatic rings. The van der Waals surface area contributed by atoms with Gasteiger partial charge >= 0.3 is 0 Å². The quantitative estimate of drug-likeness (QED) is 0.249. The molecule has 210 valence electrons. The second-order valence-electron chi connectivity index (χ2n) is 9.27. The molecule has 3 amide bonds. The van der Waals surface area contributed by atoms with Crippen molar-refractivity contribution < 1.29 is 33.3 Å². The van der Waals surface area contributed by atoms with Crippen LogP contribution in [0.2, 0.25) is 0 Å². The van der Waals surface area contributed by atoms with Gasteiger partial charge in [0.05, 0.1) is 27.9 Å². The summed E-state index contributed by atoms with van der Waals surface area (Å²) in [5.41, 5.74) is 1.76. The average molecular weight is 555 g/mol. The summed E-state index contributed by atoms with van der Waals surface area (Å²) in [4.78, 5) is 43.7. The van der Waals surface area contributed by atoms with Gasteiger partial charge in [0.25, 0.3) is 17.7 Å². The van der Waals surface area contributed by atoms with E-state index in [9.17, 15) is 14.4 Å². The van der Waals surface area contributed by atoms with Gasteiger partial charge in [0.2, 0.25) is 5.75 Å². The molecule has 0 atom stereocenters. The smallest absolute Gasteiger partial charge is 0.261 e. The second kappa shape index (κ2) is 11.6. The number of carbonyl (C=O) groups is 3. The molecule has 0 aromatic heterocycles. The van der Waals surface area contributed by atoms with Crippen molar-refractivity contribution in [2.75, 3.05) is 45.9 Å². The van der Waals surface area contributed by atoms with Crippen molar-refractivity contribution in [3.63, 3.8) is 0 Å². The zero-order valence-corrected chi connectivity index (χ0v) is 23.3. The molecule has 0 bridgehead atoms. The molecule has 9 heteroatoms. The number of benzene rings is 4. The first-order valence-electron chi connectivity index (χ1n) is 13.1. The fraction of sp³-hybridized carbons (Fsp3) is 0.219. The maximum atomic E-state index is 14.0. The lowest BCUT2D eigenvalue weighted by Crippen LogP contribution is -2.46. The van der Waals surface area contributed by atoms with Crippen LogP contribution in [0.5, 0.6) is 23.0 Å². The van der Waals surface area contributed by atoms with Crippen LogP contribution in [-0.4, -0.2) is 63.6 Å². The number of nitrogens with zero attached hydrogens (tertiary/aromatic N) is 2. The van der Waals surface area contributed by atoms with Gasteiger partial charge in [0.1, 0.15) is 5.75 Å². The molecule has 1 heterocycles. The minimum Gasteiger partial charge on any atom is -0.494 e. The zero-order valence-electron chi connectivity index (χ0n) is 23.3. The first-order valence-corrected chi connectivity index (χ1v) is 13.1. The molecule has 9 nitrogen and oxygen atoms in total. The molecule has 0 aliphatic carbocycles. The lowest BCUT2D eigenvalue weighted by molar-refractivity contribution is 0.0611. The van der Waals surface area contributed by atoms with Gasteiger partial charge in [0, 0.05) is 40.9 Å². The fourth-order valence-electron chi connectivity index (χ4n) is 5.08. The number of imide groups is 1. The molecule has 1 aliphatic heterocycles. The highest BCUT2D eigenvalue weighted by Gasteiger charge is 2.33. The van der Waals surface area contributed by atoms with E-state index in [4.69, 9.17) is 18.9 Å². The van der Waals surface area contributed by atoms with Crippen LogP contribution < -0.4 is 23.8 Å². The number of hydrogen-bond acceptors (Lipinski definition) is 7. The van der Waals surface area contributed by atoms with Gasteiger partial charge in [-0.1, -0.05) is 24.3 Å². The Morgan fingerprint density at radius 2 is 1.39 bits per heavy atom. The van der Waals surface area contributed by atoms with Crippen molar-refractivity contribution in [2.24, 2.45) is 0 Å². The molecule has 1 aliphatic rings. The van der Waals surface area contributed by atoms with Crippen molar-refractivity contribution in [3.8, 4) is 23.0 Å². The number of ether oxygens (including phenoxy) is 4. The normalized spacial score (nSPS) is 12.3. The summed E-state index contributed by atoms with van der Waals surface area (Å²) in [6, 6.07) is 21.0. The Balaban J connectivity index is 1.50. The Morgan fingerprint density at radius 3 is 1.90 bits per heavy atom. The van der Waals surface area contributed by atoms with Crippen molar-refractivity contribution in [1.29, 1.82) is 0 Å². The van der Waals surface area contributed by atoms with Crippen LogP contribution >= 0.6 is 0 Å². The highest BCUT2D eigenvalue weighted by atomic mass is 16.5. The van der Waals surface area contributed by atoms with E-state index in [1.165, 1.54) is 31.1 Å². The monoisotopic (exact) mass is 554 g/mol. The number of methoxy groups -OCH3 is 3. The third-order valence-corrected chi connectivity index (χ3v) is 7.02. The van der Waals surface area contributed by atoms with Crippen LogP contribution in [0.3, 0.4) is 0 Å². The molecule has 0 N–H and O–H groups in total. The van der Waals surface area contributed by atoms with E-state index in [1.807, 2.05) is 19.1 Å². The summed E-state index contributed by atoms with van der Waals surface area (Å²) in [6.45, 7) is 2.41. The summed E-state index contributed by atoms with van der Waals surface area (Å²) in [5, 5.41) is 1.48. The SMILES string of the molecule is CCOc1ccc(N(CCN2C(=O)c3cccc4cccc(c34)C2=O)C(=O)c2cc(OC)c(OC)c(OC)c2)cc1. The van der Waals surface area contributed by atoms with E-state index >= 15 is 0 Å². The lowest BCUT2D eigenvalue weighted by atomic mass is 9.94. The number of anilines is 1. The number of hydrogen-bond donors (Lipinski definition) is 0. The summed E-state index contributed by atoms with van der Waals surface area (Å²) in [7, 11) is 4.43. The average Bonchev–Trinajstić information content (AvgIpc) is 3.01. The Hall–Kier alpha value is -5.05. The van der Waals surface area contributed by atoms with Gasteiger partial charge < -0.3 is 23.8 Å². The van der Waals surface area contributed by atoms with Crippen LogP contribution in [0.15, 0.2) is 72.8 Å². The Labute approximate surface area is 237 Å². The van der Waals surface area contributed by atoms with Crippen molar-refractivity contribution in [1.82, 2.24) is 4.90 Å². The maximum Gasteiger partial charge on any atom is 0.261 e. The van der Waals surface area contributed by atoms with E-state index in [0.717, 1.165) is 5.39 Å². The topological polar surface area (TPSA) is 94.6 Å². The molecule has 5 rings (SSSR count). The van der Waals surface area contributed by atoms with E-state index in [2.05, 4.69) is 0 Å². The first-order chi connectivity index (χ1) is 19.9. The van der Waals surface area contributed by atoms with Gasteiger partial charge in [-0.2, -0.15) is 0 Å². The van der Waals surface area contributed by atoms with E-state index in [-0.39, 0.29) is 24.6 Å². The third kappa shape index (κ3) is 5.02. The minimum absolute atomic E-state index is 0.0221. The van der Waals surface area contributed by atoms with Crippen molar-refractivity contribution in [2.45, 2.75) is 6.92 Å². The third-order valence-electron chi connectivity index (χ3n) is 7.02. The summed E-state index contributed by atoms with van der Waals surface area (Å²) < 4.78 is 21.9. The Kier molecular flexibility index (Phi) is 7.78. The van der Waals surface area contributed by atoms with Gasteiger partial charge in [-0.05, 0) is 60.8 Å². The molecule has 0 saturated heterocycles. The molecule has 0 unspecified atom stereocenters. The van der Waals surface area contributed by atoms with Gasteiger partial charge in [-0.15, -0.1) is 0 Å². The number of carbonyl (C=O) groups excluding carboxylic acids is 3. The maximum absolute atomic E-state index is 14.0. The van der Waals surface area contributed by atoms with Crippen molar-refractivity contribution in [3.05, 3.63) is 89.5 Å². The summed E-state index contributed by atoms with van der Waals surface area (Å²) in [5.74, 6) is 0.491. The molecule has 0 saturated carbocycles. The van der Waals surface area contributed by atoms with Crippen LogP contribution in [0.1, 0.15) is 38.0 Å². The van der Waals surface area contributed by atoms with Crippen LogP contribution in [0, 0.1) is 0 Å². The molecule has 4 aromatic carbocycles. The largest absolute Gasteiger partial charge is 0.494 e. The summed E-state index contributed by atoms with van der Waals surface area (Å²) >= 11 is 0. The van der Waals surface area contributed by atoms with E-state index < -0.39 is 11.8 Å². The van der Waals surface area contributed by atoms with Gasteiger partial charge in [-0.3, -0.25) is 19.3 Å². The number of rotatable bonds is 10. The first kappa shape index (κ1) is 27.5. The van der Waals surface area contributed by atoms with Crippen molar-refractivity contribution >= 4 is 34.2 Å². The lowest BCUT2D eigenvalue weighted by Gasteiger charge is -2.30. The second-order valence-corrected chi connectivity index (χ2v) is 9.27. The van der Waals surface area contributed by atoms with E-state index in [0.29, 0.717) is 51.8 Å². The standard InChI is InChI=1S/C32H30N2O7/c1-5-41-23-14-12-22(13-15-23)33(30(35)21-18-26(38-2)29(40-4)27(19-21)39-3)16-17-34-31(36)24-10-6-8-20-9-7-11-25(28(20)24)32(34)37/h6-15,18-19H,5,16-17H2,1-4H3. The van der Waals surface area contributed by atoms with Crippen LogP contribution in [0.25, 0.3) is 10.8 Å². The van der Waals surface area contributed by atoms with Crippen LogP contribution in [0.4, 0.5) is 5.69 Å². The Morgan fingerprint density at radius 1 is 0.805 bits per heavy atom. The molecule has 41 heavy (non-hydrogen) atoms. The molecular formula is C32H30N2O7. The zero-order chi connectivity index (χ0) is 29.1. The predicted molar refractivity (Wildman–Crippen MR) is 155 cm³/mol. The minimum atomic E-state index is -0.397. The fourth-order valence-corrected chi connectivity index (χ4v) is 5.08. The molecular weight excluding hydrogens is 524 g/mol.